The van der Waals surface area contributed by atoms with Crippen LogP contribution >= 0.6 is 0 Å². The molecule has 7 aromatic carbocycles. The van der Waals surface area contributed by atoms with Crippen molar-refractivity contribution in [3.8, 4) is 22.3 Å². The van der Waals surface area contributed by atoms with Gasteiger partial charge in [-0.3, -0.25) is 0 Å². The molecule has 0 fully saturated rings. The standard InChI is InChI=1S/C47H31NO/c1-47(41-20-10-7-17-34(41)35-18-8-11-21-42(35)47)45-43(26-25-37-36-19-9-12-22-44(36)49-46(37)45)48(29-13-3-2-4-14-29)30-23-24-33-31-15-5-6-16-32(31)39-28-40(39)38(33)27-30/h2-28,39H,1H3. The van der Waals surface area contributed by atoms with Crippen LogP contribution in [0.3, 0.4) is 0 Å². The van der Waals surface area contributed by atoms with Gasteiger partial charge in [-0.25, -0.2) is 0 Å². The molecule has 2 nitrogen and oxygen atoms in total. The topological polar surface area (TPSA) is 16.4 Å². The van der Waals surface area contributed by atoms with E-state index in [0.29, 0.717) is 5.92 Å². The molecule has 49 heavy (non-hydrogen) atoms. The maximum absolute atomic E-state index is 6.97. The van der Waals surface area contributed by atoms with Crippen LogP contribution in [0.25, 0.3) is 49.8 Å². The molecule has 0 radical (unpaired) electrons. The summed E-state index contributed by atoms with van der Waals surface area (Å²) in [5.41, 5.74) is 17.9. The number of fused-ring (bicyclic) bond motifs is 12. The molecule has 0 spiro atoms. The minimum Gasteiger partial charge on any atom is -0.456 e. The van der Waals surface area contributed by atoms with E-state index in [2.05, 4.69) is 176 Å². The van der Waals surface area contributed by atoms with E-state index in [-0.39, 0.29) is 0 Å². The molecule has 3 aliphatic carbocycles. The van der Waals surface area contributed by atoms with Gasteiger partial charge < -0.3 is 9.32 Å². The summed E-state index contributed by atoms with van der Waals surface area (Å²) in [5.74, 6) is 0.414. The van der Waals surface area contributed by atoms with Gasteiger partial charge in [-0.15, -0.1) is 0 Å². The zero-order valence-electron chi connectivity index (χ0n) is 27.0. The second kappa shape index (κ2) is 9.71. The second-order valence-corrected chi connectivity index (χ2v) is 13.7. The first-order chi connectivity index (χ1) is 24.2. The van der Waals surface area contributed by atoms with Crippen LogP contribution in [-0.4, -0.2) is 0 Å². The molecule has 0 saturated heterocycles. The highest BCUT2D eigenvalue weighted by Gasteiger charge is 2.45. The Morgan fingerprint density at radius 3 is 2.00 bits per heavy atom. The van der Waals surface area contributed by atoms with Gasteiger partial charge in [0, 0.05) is 39.0 Å². The SMILES string of the molecule is CC1(c2c(N(c3ccccc3)c3ccc4c(c3)C3=CC3c3ccccc3-4)ccc3c2oc2ccccc23)c2ccccc2-c2ccccc21. The lowest BCUT2D eigenvalue weighted by atomic mass is 9.72. The fraction of sp³-hybridized carbons (Fsp3) is 0.0638. The lowest BCUT2D eigenvalue weighted by molar-refractivity contribution is 0.638. The Labute approximate surface area is 285 Å². The van der Waals surface area contributed by atoms with Gasteiger partial charge in [0.25, 0.3) is 0 Å². The lowest BCUT2D eigenvalue weighted by Gasteiger charge is -2.35. The predicted octanol–water partition coefficient (Wildman–Crippen LogP) is 12.6. The molecule has 0 bridgehead atoms. The van der Waals surface area contributed by atoms with Crippen molar-refractivity contribution in [3.05, 3.63) is 192 Å². The summed E-state index contributed by atoms with van der Waals surface area (Å²) in [6, 6.07) is 57.6. The van der Waals surface area contributed by atoms with E-state index in [1.54, 1.807) is 0 Å². The Balaban J connectivity index is 1.24. The van der Waals surface area contributed by atoms with Gasteiger partial charge in [-0.1, -0.05) is 121 Å². The van der Waals surface area contributed by atoms with Crippen LogP contribution in [0, 0.1) is 0 Å². The highest BCUT2D eigenvalue weighted by Crippen LogP contribution is 2.59. The molecule has 0 aliphatic heterocycles. The summed E-state index contributed by atoms with van der Waals surface area (Å²) in [5, 5.41) is 2.28. The largest absolute Gasteiger partial charge is 0.456 e. The van der Waals surface area contributed by atoms with E-state index in [1.165, 1.54) is 55.6 Å². The smallest absolute Gasteiger partial charge is 0.141 e. The molecule has 0 saturated carbocycles. The van der Waals surface area contributed by atoms with Crippen molar-refractivity contribution in [3.63, 3.8) is 0 Å². The summed E-state index contributed by atoms with van der Waals surface area (Å²) < 4.78 is 6.97. The minimum atomic E-state index is -0.486. The molecule has 11 rings (SSSR count). The molecule has 1 atom stereocenters. The van der Waals surface area contributed by atoms with Crippen LogP contribution in [0.4, 0.5) is 17.1 Å². The number of rotatable bonds is 4. The molecule has 230 valence electrons. The van der Waals surface area contributed by atoms with E-state index < -0.39 is 5.41 Å². The first-order valence-electron chi connectivity index (χ1n) is 17.1. The van der Waals surface area contributed by atoms with Crippen molar-refractivity contribution >= 4 is 44.6 Å². The van der Waals surface area contributed by atoms with Crippen molar-refractivity contribution in [2.24, 2.45) is 0 Å². The first-order valence-corrected chi connectivity index (χ1v) is 17.1. The van der Waals surface area contributed by atoms with Gasteiger partial charge in [0.1, 0.15) is 11.2 Å². The molecule has 1 unspecified atom stereocenters. The number of anilines is 3. The van der Waals surface area contributed by atoms with E-state index >= 15 is 0 Å². The van der Waals surface area contributed by atoms with Gasteiger partial charge in [-0.05, 0) is 99.5 Å². The first kappa shape index (κ1) is 26.9. The summed E-state index contributed by atoms with van der Waals surface area (Å²) in [6.07, 6.45) is 2.42. The highest BCUT2D eigenvalue weighted by molar-refractivity contribution is 6.09. The molecule has 2 heteroatoms. The third kappa shape index (κ3) is 3.61. The van der Waals surface area contributed by atoms with E-state index in [1.807, 2.05) is 0 Å². The Morgan fingerprint density at radius 1 is 0.531 bits per heavy atom. The molecule has 0 N–H and O–H groups in total. The Bertz CT molecular complexity index is 2650. The lowest BCUT2D eigenvalue weighted by Crippen LogP contribution is -2.26. The van der Waals surface area contributed by atoms with Gasteiger partial charge in [0.05, 0.1) is 5.69 Å². The molecule has 0 amide bonds. The van der Waals surface area contributed by atoms with Gasteiger partial charge in [-0.2, -0.15) is 0 Å². The monoisotopic (exact) mass is 625 g/mol. The third-order valence-corrected chi connectivity index (χ3v) is 11.2. The van der Waals surface area contributed by atoms with Crippen LogP contribution in [0.2, 0.25) is 0 Å². The van der Waals surface area contributed by atoms with Crippen molar-refractivity contribution in [1.29, 1.82) is 0 Å². The van der Waals surface area contributed by atoms with Crippen LogP contribution < -0.4 is 4.90 Å². The molecule has 1 heterocycles. The highest BCUT2D eigenvalue weighted by atomic mass is 16.3. The fourth-order valence-corrected chi connectivity index (χ4v) is 8.98. The Hall–Kier alpha value is -6.12. The molecular weight excluding hydrogens is 595 g/mol. The van der Waals surface area contributed by atoms with E-state index in [4.69, 9.17) is 4.42 Å². The van der Waals surface area contributed by atoms with Gasteiger partial charge in [0.15, 0.2) is 0 Å². The summed E-state index contributed by atoms with van der Waals surface area (Å²) in [6.45, 7) is 2.40. The molecule has 8 aromatic rings. The normalized spacial score (nSPS) is 15.9. The number of para-hydroxylation sites is 2. The van der Waals surface area contributed by atoms with Crippen molar-refractivity contribution < 1.29 is 4.42 Å². The van der Waals surface area contributed by atoms with Crippen molar-refractivity contribution in [1.82, 2.24) is 0 Å². The van der Waals surface area contributed by atoms with Crippen molar-refractivity contribution in [2.75, 3.05) is 4.90 Å². The third-order valence-electron chi connectivity index (χ3n) is 11.2. The maximum atomic E-state index is 6.97. The number of hydrogen-bond donors (Lipinski definition) is 0. The predicted molar refractivity (Wildman–Crippen MR) is 202 cm³/mol. The van der Waals surface area contributed by atoms with Gasteiger partial charge >= 0.3 is 0 Å². The zero-order chi connectivity index (χ0) is 32.3. The number of furan rings is 1. The van der Waals surface area contributed by atoms with Crippen LogP contribution in [0.1, 0.15) is 40.7 Å². The molecular formula is C47H31NO. The number of benzene rings is 7. The number of nitrogens with zero attached hydrogens (tertiary/aromatic N) is 1. The Morgan fingerprint density at radius 2 is 1.20 bits per heavy atom. The van der Waals surface area contributed by atoms with Crippen LogP contribution in [-0.2, 0) is 5.41 Å². The minimum absolute atomic E-state index is 0.414. The molecule has 3 aliphatic rings. The number of allylic oxidation sites excluding steroid dienone is 2. The Kier molecular flexibility index (Phi) is 5.33. The average molecular weight is 626 g/mol. The quantitative estimate of drug-likeness (QED) is 0.193. The number of hydrogen-bond acceptors (Lipinski definition) is 2. The second-order valence-electron chi connectivity index (χ2n) is 13.7. The molecule has 1 aromatic heterocycles. The summed E-state index contributed by atoms with van der Waals surface area (Å²) in [4.78, 5) is 2.45. The van der Waals surface area contributed by atoms with Crippen molar-refractivity contribution in [2.45, 2.75) is 18.3 Å². The average Bonchev–Trinajstić information content (AvgIpc) is 3.83. The maximum Gasteiger partial charge on any atom is 0.141 e. The fourth-order valence-electron chi connectivity index (χ4n) is 8.98. The summed E-state index contributed by atoms with van der Waals surface area (Å²) >= 11 is 0. The van der Waals surface area contributed by atoms with Gasteiger partial charge in [0.2, 0.25) is 0 Å². The zero-order valence-corrected chi connectivity index (χ0v) is 27.0. The van der Waals surface area contributed by atoms with Crippen LogP contribution in [0.5, 0.6) is 0 Å². The van der Waals surface area contributed by atoms with Crippen LogP contribution in [0.15, 0.2) is 168 Å². The van der Waals surface area contributed by atoms with E-state index in [9.17, 15) is 0 Å². The summed E-state index contributed by atoms with van der Waals surface area (Å²) in [7, 11) is 0. The van der Waals surface area contributed by atoms with E-state index in [0.717, 1.165) is 39.0 Å².